The first-order chi connectivity index (χ1) is 10.0. The quantitative estimate of drug-likeness (QED) is 0.901. The lowest BCUT2D eigenvalue weighted by Gasteiger charge is -2.14. The van der Waals surface area contributed by atoms with Gasteiger partial charge in [0.15, 0.2) is 0 Å². The maximum absolute atomic E-state index is 12.4. The standard InChI is InChI=1S/C15H14Cl2N2OS/c16-10-5-9(6-11(17)7-10)13-1-2-14(21-13)15(20)19-4-3-12(18)8-19/h1-2,5-7,12H,3-4,8,18H2/t12-/m1/s1. The number of hydrogen-bond donors (Lipinski definition) is 1. The van der Waals surface area contributed by atoms with E-state index in [9.17, 15) is 4.79 Å². The van der Waals surface area contributed by atoms with Gasteiger partial charge >= 0.3 is 0 Å². The van der Waals surface area contributed by atoms with Crippen LogP contribution in [0.15, 0.2) is 30.3 Å². The van der Waals surface area contributed by atoms with Crippen molar-refractivity contribution >= 4 is 40.4 Å². The van der Waals surface area contributed by atoms with Crippen molar-refractivity contribution in [2.45, 2.75) is 12.5 Å². The van der Waals surface area contributed by atoms with Gasteiger partial charge in [0.2, 0.25) is 0 Å². The van der Waals surface area contributed by atoms with Crippen molar-refractivity contribution in [3.05, 3.63) is 45.3 Å². The molecule has 110 valence electrons. The van der Waals surface area contributed by atoms with Crippen LogP contribution in [0.5, 0.6) is 0 Å². The Balaban J connectivity index is 1.84. The first-order valence-electron chi connectivity index (χ1n) is 6.64. The van der Waals surface area contributed by atoms with Crippen molar-refractivity contribution in [1.29, 1.82) is 0 Å². The molecule has 3 rings (SSSR count). The molecule has 1 saturated heterocycles. The number of amides is 1. The Bertz CT molecular complexity index is 666. The van der Waals surface area contributed by atoms with Gasteiger partial charge in [-0.15, -0.1) is 11.3 Å². The van der Waals surface area contributed by atoms with Crippen molar-refractivity contribution < 1.29 is 4.79 Å². The van der Waals surface area contributed by atoms with Crippen LogP contribution in [0.4, 0.5) is 0 Å². The fourth-order valence-electron chi connectivity index (χ4n) is 2.43. The predicted molar refractivity (Wildman–Crippen MR) is 88.3 cm³/mol. The Hall–Kier alpha value is -1.07. The average Bonchev–Trinajstić information content (AvgIpc) is 3.05. The van der Waals surface area contributed by atoms with E-state index in [1.165, 1.54) is 11.3 Å². The molecule has 1 fully saturated rings. The van der Waals surface area contributed by atoms with E-state index in [0.717, 1.165) is 28.3 Å². The second-order valence-electron chi connectivity index (χ2n) is 5.12. The molecule has 0 radical (unpaired) electrons. The Morgan fingerprint density at radius 1 is 1.24 bits per heavy atom. The van der Waals surface area contributed by atoms with E-state index in [2.05, 4.69) is 0 Å². The molecule has 0 unspecified atom stereocenters. The molecule has 1 aliphatic heterocycles. The van der Waals surface area contributed by atoms with Gasteiger partial charge in [0.1, 0.15) is 0 Å². The first-order valence-corrected chi connectivity index (χ1v) is 8.21. The number of nitrogens with zero attached hydrogens (tertiary/aromatic N) is 1. The van der Waals surface area contributed by atoms with Crippen molar-refractivity contribution in [2.75, 3.05) is 13.1 Å². The summed E-state index contributed by atoms with van der Waals surface area (Å²) in [6.07, 6.45) is 0.869. The van der Waals surface area contributed by atoms with Crippen LogP contribution in [0.25, 0.3) is 10.4 Å². The summed E-state index contributed by atoms with van der Waals surface area (Å²) >= 11 is 13.5. The third kappa shape index (κ3) is 3.24. The molecule has 0 spiro atoms. The summed E-state index contributed by atoms with van der Waals surface area (Å²) in [6, 6.07) is 9.26. The van der Waals surface area contributed by atoms with Crippen LogP contribution in [0, 0.1) is 0 Å². The zero-order valence-electron chi connectivity index (χ0n) is 11.2. The minimum absolute atomic E-state index is 0.0484. The zero-order chi connectivity index (χ0) is 15.0. The number of halogens is 2. The monoisotopic (exact) mass is 340 g/mol. The number of benzene rings is 1. The maximum Gasteiger partial charge on any atom is 0.263 e. The second kappa shape index (κ2) is 5.97. The maximum atomic E-state index is 12.4. The molecule has 0 bridgehead atoms. The molecule has 3 nitrogen and oxygen atoms in total. The first kappa shape index (κ1) is 14.9. The average molecular weight is 341 g/mol. The van der Waals surface area contributed by atoms with Crippen LogP contribution >= 0.6 is 34.5 Å². The van der Waals surface area contributed by atoms with Gasteiger partial charge in [-0.05, 0) is 42.3 Å². The summed E-state index contributed by atoms with van der Waals surface area (Å²) in [5.41, 5.74) is 6.78. The number of carbonyl (C=O) groups excluding carboxylic acids is 1. The van der Waals surface area contributed by atoms with Gasteiger partial charge in [-0.1, -0.05) is 23.2 Å². The highest BCUT2D eigenvalue weighted by Crippen LogP contribution is 2.33. The normalized spacial score (nSPS) is 18.2. The van der Waals surface area contributed by atoms with Crippen LogP contribution in [0.3, 0.4) is 0 Å². The smallest absolute Gasteiger partial charge is 0.263 e. The molecule has 6 heteroatoms. The number of rotatable bonds is 2. The summed E-state index contributed by atoms with van der Waals surface area (Å²) in [5, 5.41) is 1.17. The lowest BCUT2D eigenvalue weighted by Crippen LogP contribution is -2.31. The van der Waals surface area contributed by atoms with Crippen LogP contribution < -0.4 is 5.73 Å². The van der Waals surface area contributed by atoms with Crippen molar-refractivity contribution in [1.82, 2.24) is 4.90 Å². The predicted octanol–water partition coefficient (Wildman–Crippen LogP) is 3.90. The molecule has 1 amide bonds. The van der Waals surface area contributed by atoms with Crippen LogP contribution in [0.1, 0.15) is 16.1 Å². The van der Waals surface area contributed by atoms with Crippen LogP contribution in [0.2, 0.25) is 10.0 Å². The highest BCUT2D eigenvalue weighted by Gasteiger charge is 2.25. The van der Waals surface area contributed by atoms with Gasteiger partial charge in [0.25, 0.3) is 5.91 Å². The van der Waals surface area contributed by atoms with E-state index >= 15 is 0 Å². The Labute approximate surface area is 137 Å². The molecule has 1 aliphatic rings. The summed E-state index contributed by atoms with van der Waals surface area (Å²) < 4.78 is 0. The minimum Gasteiger partial charge on any atom is -0.336 e. The Kier molecular flexibility index (Phi) is 4.22. The van der Waals surface area contributed by atoms with Crippen molar-refractivity contribution in [3.8, 4) is 10.4 Å². The van der Waals surface area contributed by atoms with Gasteiger partial charge in [0.05, 0.1) is 4.88 Å². The lowest BCUT2D eigenvalue weighted by atomic mass is 10.2. The van der Waals surface area contributed by atoms with Gasteiger partial charge in [-0.25, -0.2) is 0 Å². The SMILES string of the molecule is N[C@@H]1CCN(C(=O)c2ccc(-c3cc(Cl)cc(Cl)c3)s2)C1. The van der Waals surface area contributed by atoms with E-state index in [4.69, 9.17) is 28.9 Å². The molecule has 2 aromatic rings. The fourth-order valence-corrected chi connectivity index (χ4v) is 3.92. The number of hydrogen-bond acceptors (Lipinski definition) is 3. The van der Waals surface area contributed by atoms with E-state index in [1.54, 1.807) is 6.07 Å². The molecule has 0 saturated carbocycles. The number of nitrogens with two attached hydrogens (primary N) is 1. The number of thiophene rings is 1. The molecule has 1 atom stereocenters. The third-order valence-electron chi connectivity index (χ3n) is 3.48. The fraction of sp³-hybridized carbons (Fsp3) is 0.267. The molecule has 2 heterocycles. The lowest BCUT2D eigenvalue weighted by molar-refractivity contribution is 0.0795. The van der Waals surface area contributed by atoms with Gasteiger partial charge in [-0.3, -0.25) is 4.79 Å². The van der Waals surface area contributed by atoms with Gasteiger partial charge < -0.3 is 10.6 Å². The number of likely N-dealkylation sites (tertiary alicyclic amines) is 1. The van der Waals surface area contributed by atoms with Crippen molar-refractivity contribution in [2.24, 2.45) is 5.73 Å². The van der Waals surface area contributed by atoms with E-state index in [-0.39, 0.29) is 11.9 Å². The number of carbonyl (C=O) groups is 1. The molecule has 2 N–H and O–H groups in total. The largest absolute Gasteiger partial charge is 0.336 e. The molecular formula is C15H14Cl2N2OS. The van der Waals surface area contributed by atoms with Crippen LogP contribution in [-0.2, 0) is 0 Å². The zero-order valence-corrected chi connectivity index (χ0v) is 13.5. The highest BCUT2D eigenvalue weighted by atomic mass is 35.5. The summed E-state index contributed by atoms with van der Waals surface area (Å²) in [6.45, 7) is 1.37. The van der Waals surface area contributed by atoms with E-state index in [1.807, 2.05) is 29.2 Å². The van der Waals surface area contributed by atoms with E-state index in [0.29, 0.717) is 16.6 Å². The topological polar surface area (TPSA) is 46.3 Å². The van der Waals surface area contributed by atoms with Crippen molar-refractivity contribution in [3.63, 3.8) is 0 Å². The molecular weight excluding hydrogens is 327 g/mol. The summed E-state index contributed by atoms with van der Waals surface area (Å²) in [5.74, 6) is 0.0484. The Morgan fingerprint density at radius 3 is 2.57 bits per heavy atom. The molecule has 0 aliphatic carbocycles. The molecule has 1 aromatic carbocycles. The van der Waals surface area contributed by atoms with Gasteiger partial charge in [-0.2, -0.15) is 0 Å². The minimum atomic E-state index is 0.0484. The Morgan fingerprint density at radius 2 is 1.95 bits per heavy atom. The molecule has 1 aromatic heterocycles. The highest BCUT2D eigenvalue weighted by molar-refractivity contribution is 7.17. The summed E-state index contributed by atoms with van der Waals surface area (Å²) in [7, 11) is 0. The van der Waals surface area contributed by atoms with Gasteiger partial charge in [0, 0.05) is 34.1 Å². The molecule has 21 heavy (non-hydrogen) atoms. The van der Waals surface area contributed by atoms with Crippen LogP contribution in [-0.4, -0.2) is 29.9 Å². The second-order valence-corrected chi connectivity index (χ2v) is 7.08. The van der Waals surface area contributed by atoms with E-state index < -0.39 is 0 Å². The third-order valence-corrected chi connectivity index (χ3v) is 5.03. The summed E-state index contributed by atoms with van der Waals surface area (Å²) in [4.78, 5) is 15.9.